The Morgan fingerprint density at radius 2 is 1.83 bits per heavy atom. The molecule has 1 aliphatic carbocycles. The molecule has 0 amide bonds. The van der Waals surface area contributed by atoms with Crippen molar-refractivity contribution in [2.45, 2.75) is 50.5 Å². The molecule has 1 aromatic carbocycles. The lowest BCUT2D eigenvalue weighted by Crippen LogP contribution is -2.48. The fraction of sp³-hybridized carbons (Fsp3) is 0.579. The molecule has 130 valence electrons. The third kappa shape index (κ3) is 2.71. The molecule has 1 unspecified atom stereocenters. The first-order valence-electron chi connectivity index (χ1n) is 8.52. The molecule has 5 heteroatoms. The minimum absolute atomic E-state index is 0.395. The van der Waals surface area contributed by atoms with Crippen molar-refractivity contribution in [1.82, 2.24) is 5.32 Å². The van der Waals surface area contributed by atoms with Gasteiger partial charge in [0.2, 0.25) is 0 Å². The molecular formula is C19H25NO4. The maximum Gasteiger partial charge on any atom is 0.311 e. The third-order valence-electron chi connectivity index (χ3n) is 5.18. The minimum atomic E-state index is -0.950. The number of carboxylic acid groups (broad SMARTS) is 1. The van der Waals surface area contributed by atoms with E-state index in [4.69, 9.17) is 4.74 Å². The molecule has 0 radical (unpaired) electrons. The van der Waals surface area contributed by atoms with Gasteiger partial charge >= 0.3 is 11.9 Å². The summed E-state index contributed by atoms with van der Waals surface area (Å²) in [5, 5.41) is 13.2. The van der Waals surface area contributed by atoms with Gasteiger partial charge in [0.25, 0.3) is 0 Å². The molecule has 1 aliphatic heterocycles. The summed E-state index contributed by atoms with van der Waals surface area (Å²) in [5.41, 5.74) is 0.688. The number of carbonyl (C=O) groups excluding carboxylic acids is 1. The molecule has 1 spiro atoms. The molecule has 5 nitrogen and oxygen atoms in total. The quantitative estimate of drug-likeness (QED) is 0.814. The van der Waals surface area contributed by atoms with E-state index in [1.807, 2.05) is 45.0 Å². The summed E-state index contributed by atoms with van der Waals surface area (Å²) in [6, 6.07) is 7.61. The maximum absolute atomic E-state index is 13.0. The Labute approximate surface area is 142 Å². The van der Waals surface area contributed by atoms with Gasteiger partial charge in [0.05, 0.1) is 11.8 Å². The average Bonchev–Trinajstić information content (AvgIpc) is 2.77. The molecule has 0 aromatic heterocycles. The predicted molar refractivity (Wildman–Crippen MR) is 89.9 cm³/mol. The topological polar surface area (TPSA) is 75.6 Å². The van der Waals surface area contributed by atoms with E-state index in [2.05, 4.69) is 5.32 Å². The number of carboxylic acids is 1. The minimum Gasteiger partial charge on any atom is -0.481 e. The first kappa shape index (κ1) is 17.0. The van der Waals surface area contributed by atoms with Crippen molar-refractivity contribution in [2.24, 2.45) is 5.92 Å². The SMILES string of the molecule is CC(C)(C)OC(=O)[C@@H]1C(C(=O)O)c2ccccc2C12CCNCC2. The standard InChI is InChI=1S/C19H25NO4/c1-18(2,3)24-17(23)15-14(16(21)22)12-6-4-5-7-13(12)19(15)8-10-20-11-9-19/h4-7,14-15,20H,8-11H2,1-3H3,(H,21,22)/t14?,15-/m0/s1. The molecule has 3 rings (SSSR count). The first-order chi connectivity index (χ1) is 11.3. The van der Waals surface area contributed by atoms with Gasteiger partial charge in [-0.05, 0) is 57.8 Å². The number of esters is 1. The van der Waals surface area contributed by atoms with Gasteiger partial charge in [0.15, 0.2) is 0 Å². The lowest BCUT2D eigenvalue weighted by molar-refractivity contribution is -0.167. The summed E-state index contributed by atoms with van der Waals surface area (Å²) in [5.74, 6) is -2.86. The highest BCUT2D eigenvalue weighted by Crippen LogP contribution is 2.55. The van der Waals surface area contributed by atoms with Gasteiger partial charge in [-0.3, -0.25) is 9.59 Å². The van der Waals surface area contributed by atoms with Gasteiger partial charge < -0.3 is 15.2 Å². The number of benzene rings is 1. The van der Waals surface area contributed by atoms with Crippen molar-refractivity contribution in [1.29, 1.82) is 0 Å². The zero-order chi connectivity index (χ0) is 17.5. The van der Waals surface area contributed by atoms with Crippen LogP contribution in [0.15, 0.2) is 24.3 Å². The zero-order valence-electron chi connectivity index (χ0n) is 14.5. The van der Waals surface area contributed by atoms with Crippen LogP contribution in [0.3, 0.4) is 0 Å². The van der Waals surface area contributed by atoms with Crippen LogP contribution < -0.4 is 5.32 Å². The van der Waals surface area contributed by atoms with E-state index in [0.29, 0.717) is 0 Å². The molecule has 2 aliphatic rings. The van der Waals surface area contributed by atoms with Crippen LogP contribution in [0.5, 0.6) is 0 Å². The summed E-state index contributed by atoms with van der Waals surface area (Å²) in [7, 11) is 0. The number of ether oxygens (including phenoxy) is 1. The van der Waals surface area contributed by atoms with Crippen LogP contribution in [0.25, 0.3) is 0 Å². The number of piperidine rings is 1. The van der Waals surface area contributed by atoms with Crippen molar-refractivity contribution in [2.75, 3.05) is 13.1 Å². The summed E-state index contributed by atoms with van der Waals surface area (Å²) >= 11 is 0. The number of nitrogens with one attached hydrogen (secondary N) is 1. The number of aliphatic carboxylic acids is 1. The van der Waals surface area contributed by atoms with Crippen LogP contribution in [0.4, 0.5) is 0 Å². The molecule has 24 heavy (non-hydrogen) atoms. The van der Waals surface area contributed by atoms with E-state index < -0.39 is 34.8 Å². The van der Waals surface area contributed by atoms with E-state index in [1.165, 1.54) is 0 Å². The number of hydrogen-bond donors (Lipinski definition) is 2. The number of fused-ring (bicyclic) bond motifs is 2. The van der Waals surface area contributed by atoms with E-state index in [9.17, 15) is 14.7 Å². The molecule has 0 saturated carbocycles. The molecule has 1 fully saturated rings. The Bertz CT molecular complexity index is 656. The molecule has 1 saturated heterocycles. The Morgan fingerprint density at radius 1 is 1.21 bits per heavy atom. The third-order valence-corrected chi connectivity index (χ3v) is 5.18. The van der Waals surface area contributed by atoms with Crippen molar-refractivity contribution in [3.05, 3.63) is 35.4 Å². The van der Waals surface area contributed by atoms with Crippen LogP contribution >= 0.6 is 0 Å². The number of rotatable bonds is 2. The van der Waals surface area contributed by atoms with E-state index in [1.54, 1.807) is 0 Å². The monoisotopic (exact) mass is 331 g/mol. The van der Waals surface area contributed by atoms with E-state index in [-0.39, 0.29) is 0 Å². The van der Waals surface area contributed by atoms with Gasteiger partial charge in [-0.1, -0.05) is 24.3 Å². The second kappa shape index (κ2) is 5.88. The predicted octanol–water partition coefficient (Wildman–Crippen LogP) is 2.45. The second-order valence-electron chi connectivity index (χ2n) is 7.82. The molecule has 0 bridgehead atoms. The summed E-state index contributed by atoms with van der Waals surface area (Å²) in [4.78, 5) is 25.1. The molecule has 2 N–H and O–H groups in total. The van der Waals surface area contributed by atoms with Crippen molar-refractivity contribution in [3.63, 3.8) is 0 Å². The highest BCUT2D eigenvalue weighted by Gasteiger charge is 2.58. The Morgan fingerprint density at radius 3 is 2.42 bits per heavy atom. The maximum atomic E-state index is 13.0. The van der Waals surface area contributed by atoms with Crippen LogP contribution in [-0.2, 0) is 19.7 Å². The molecular weight excluding hydrogens is 306 g/mol. The second-order valence-corrected chi connectivity index (χ2v) is 7.82. The Hall–Kier alpha value is -1.88. The van der Waals surface area contributed by atoms with Gasteiger partial charge in [0, 0.05) is 5.41 Å². The van der Waals surface area contributed by atoms with Gasteiger partial charge in [-0.25, -0.2) is 0 Å². The molecule has 1 heterocycles. The van der Waals surface area contributed by atoms with Crippen LogP contribution in [0.1, 0.15) is 50.7 Å². The zero-order valence-corrected chi connectivity index (χ0v) is 14.5. The molecule has 2 atom stereocenters. The van der Waals surface area contributed by atoms with E-state index >= 15 is 0 Å². The fourth-order valence-electron chi connectivity index (χ4n) is 4.34. The summed E-state index contributed by atoms with van der Waals surface area (Å²) < 4.78 is 5.64. The number of carbonyl (C=O) groups is 2. The highest BCUT2D eigenvalue weighted by molar-refractivity contribution is 5.89. The fourth-order valence-corrected chi connectivity index (χ4v) is 4.34. The lowest BCUT2D eigenvalue weighted by Gasteiger charge is -2.40. The van der Waals surface area contributed by atoms with E-state index in [0.717, 1.165) is 37.1 Å². The van der Waals surface area contributed by atoms with Crippen molar-refractivity contribution in [3.8, 4) is 0 Å². The van der Waals surface area contributed by atoms with Gasteiger partial charge in [-0.2, -0.15) is 0 Å². The van der Waals surface area contributed by atoms with Crippen LogP contribution in [-0.4, -0.2) is 35.7 Å². The number of hydrogen-bond acceptors (Lipinski definition) is 4. The summed E-state index contributed by atoms with van der Waals surface area (Å²) in [6.45, 7) is 7.01. The summed E-state index contributed by atoms with van der Waals surface area (Å²) in [6.07, 6.45) is 1.50. The average molecular weight is 331 g/mol. The Balaban J connectivity index is 2.12. The first-order valence-corrected chi connectivity index (χ1v) is 8.52. The van der Waals surface area contributed by atoms with Crippen LogP contribution in [0.2, 0.25) is 0 Å². The van der Waals surface area contributed by atoms with Crippen molar-refractivity contribution < 1.29 is 19.4 Å². The molecule has 1 aromatic rings. The highest BCUT2D eigenvalue weighted by atomic mass is 16.6. The Kier molecular flexibility index (Phi) is 4.16. The van der Waals surface area contributed by atoms with Gasteiger partial charge in [0.1, 0.15) is 5.60 Å². The largest absolute Gasteiger partial charge is 0.481 e. The van der Waals surface area contributed by atoms with Crippen molar-refractivity contribution >= 4 is 11.9 Å². The smallest absolute Gasteiger partial charge is 0.311 e. The lowest BCUT2D eigenvalue weighted by atomic mass is 9.67. The normalized spacial score (nSPS) is 25.3. The van der Waals surface area contributed by atoms with Crippen LogP contribution in [0, 0.1) is 5.92 Å². The van der Waals surface area contributed by atoms with Gasteiger partial charge in [-0.15, -0.1) is 0 Å².